The highest BCUT2D eigenvalue weighted by molar-refractivity contribution is 7.99. The van der Waals surface area contributed by atoms with Crippen molar-refractivity contribution in [1.82, 2.24) is 20.4 Å². The maximum Gasteiger partial charge on any atom is 0.241 e. The van der Waals surface area contributed by atoms with E-state index in [4.69, 9.17) is 4.52 Å². The normalized spacial score (nSPS) is 17.2. The van der Waals surface area contributed by atoms with E-state index in [1.165, 1.54) is 10.5 Å². The summed E-state index contributed by atoms with van der Waals surface area (Å²) in [7, 11) is 0. The third kappa shape index (κ3) is 5.71. The minimum atomic E-state index is 0.0165. The molecule has 6 nitrogen and oxygen atoms in total. The number of aryl methyl sites for hydroxylation is 1. The van der Waals surface area contributed by atoms with Crippen LogP contribution in [0.5, 0.6) is 0 Å². The number of aromatic nitrogens is 2. The van der Waals surface area contributed by atoms with Crippen LogP contribution in [0.1, 0.15) is 24.3 Å². The zero-order valence-corrected chi connectivity index (χ0v) is 18.7. The highest BCUT2D eigenvalue weighted by Gasteiger charge is 2.26. The van der Waals surface area contributed by atoms with Crippen LogP contribution in [0.3, 0.4) is 0 Å². The van der Waals surface area contributed by atoms with Gasteiger partial charge in [-0.25, -0.2) is 0 Å². The van der Waals surface area contributed by atoms with Crippen molar-refractivity contribution in [3.8, 4) is 10.7 Å². The predicted molar refractivity (Wildman–Crippen MR) is 121 cm³/mol. The number of hydrogen-bond donors (Lipinski definition) is 1. The first-order valence-corrected chi connectivity index (χ1v) is 12.1. The Morgan fingerprint density at radius 1 is 1.33 bits per heavy atom. The van der Waals surface area contributed by atoms with Crippen molar-refractivity contribution >= 4 is 29.0 Å². The van der Waals surface area contributed by atoms with Gasteiger partial charge in [0.15, 0.2) is 0 Å². The fourth-order valence-corrected chi connectivity index (χ4v) is 4.97. The molecule has 1 unspecified atom stereocenters. The molecule has 1 saturated heterocycles. The Kier molecular flexibility index (Phi) is 7.20. The molecular weight excluding hydrogens is 416 g/mol. The number of carbonyl (C=O) groups is 1. The largest absolute Gasteiger partial charge is 0.355 e. The molecule has 1 N–H and O–H groups in total. The molecule has 1 aliphatic rings. The summed E-state index contributed by atoms with van der Waals surface area (Å²) in [5.41, 5.74) is 1.26. The van der Waals surface area contributed by atoms with Gasteiger partial charge in [-0.15, -0.1) is 23.1 Å². The van der Waals surface area contributed by atoms with Gasteiger partial charge in [0.05, 0.1) is 17.3 Å². The standard InChI is InChI=1S/C22H26N4O2S2/c1-16-6-8-18(9-7-16)29-13-10-23-22(27)17-4-2-11-26(14-17)15-20-24-21(25-28-20)19-5-3-12-30-19/h3,5-9,12,17H,2,4,10-11,13-15H2,1H3,(H,23,27). The fourth-order valence-electron chi connectivity index (χ4n) is 3.55. The highest BCUT2D eigenvalue weighted by Crippen LogP contribution is 2.23. The molecule has 3 heterocycles. The Balaban J connectivity index is 1.21. The van der Waals surface area contributed by atoms with Crippen molar-refractivity contribution in [3.63, 3.8) is 0 Å². The topological polar surface area (TPSA) is 71.3 Å². The summed E-state index contributed by atoms with van der Waals surface area (Å²) in [6, 6.07) is 12.4. The van der Waals surface area contributed by atoms with Crippen LogP contribution in [0, 0.1) is 12.8 Å². The number of likely N-dealkylation sites (tertiary alicyclic amines) is 1. The molecule has 2 aromatic heterocycles. The first-order valence-electron chi connectivity index (χ1n) is 10.2. The first-order chi connectivity index (χ1) is 14.7. The van der Waals surface area contributed by atoms with Gasteiger partial charge in [-0.3, -0.25) is 9.69 Å². The summed E-state index contributed by atoms with van der Waals surface area (Å²) in [6.45, 7) is 5.04. The third-order valence-electron chi connectivity index (χ3n) is 5.14. The molecule has 0 spiro atoms. The zero-order valence-electron chi connectivity index (χ0n) is 17.0. The third-order valence-corrected chi connectivity index (χ3v) is 7.02. The molecule has 3 aromatic rings. The van der Waals surface area contributed by atoms with E-state index in [2.05, 4.69) is 51.5 Å². The van der Waals surface area contributed by atoms with Crippen molar-refractivity contribution in [2.24, 2.45) is 5.92 Å². The van der Waals surface area contributed by atoms with Crippen LogP contribution in [0.15, 0.2) is 51.2 Å². The number of nitrogens with one attached hydrogen (secondary N) is 1. The van der Waals surface area contributed by atoms with Gasteiger partial charge in [0.25, 0.3) is 0 Å². The molecule has 1 fully saturated rings. The van der Waals surface area contributed by atoms with E-state index in [1.54, 1.807) is 23.1 Å². The fraction of sp³-hybridized carbons (Fsp3) is 0.409. The van der Waals surface area contributed by atoms with E-state index in [-0.39, 0.29) is 11.8 Å². The molecule has 1 aliphatic heterocycles. The number of hydrogen-bond acceptors (Lipinski definition) is 7. The monoisotopic (exact) mass is 442 g/mol. The van der Waals surface area contributed by atoms with E-state index in [1.807, 2.05) is 17.5 Å². The Morgan fingerprint density at radius 3 is 3.00 bits per heavy atom. The van der Waals surface area contributed by atoms with E-state index in [9.17, 15) is 4.79 Å². The van der Waals surface area contributed by atoms with E-state index >= 15 is 0 Å². The number of amides is 1. The molecule has 0 aliphatic carbocycles. The lowest BCUT2D eigenvalue weighted by molar-refractivity contribution is -0.126. The lowest BCUT2D eigenvalue weighted by Gasteiger charge is -2.30. The molecule has 0 bridgehead atoms. The molecule has 158 valence electrons. The molecule has 1 amide bonds. The van der Waals surface area contributed by atoms with Crippen LogP contribution < -0.4 is 5.32 Å². The Morgan fingerprint density at radius 2 is 2.20 bits per heavy atom. The van der Waals surface area contributed by atoms with E-state index < -0.39 is 0 Å². The summed E-state index contributed by atoms with van der Waals surface area (Å²) in [5, 5.41) is 9.18. The second-order valence-corrected chi connectivity index (χ2v) is 9.63. The Labute approximate surface area is 185 Å². The van der Waals surface area contributed by atoms with Gasteiger partial charge in [0.1, 0.15) is 0 Å². The van der Waals surface area contributed by atoms with Crippen molar-refractivity contribution < 1.29 is 9.32 Å². The van der Waals surface area contributed by atoms with Crippen molar-refractivity contribution in [1.29, 1.82) is 0 Å². The van der Waals surface area contributed by atoms with Crippen molar-refractivity contribution in [2.45, 2.75) is 31.2 Å². The number of carbonyl (C=O) groups excluding carboxylic acids is 1. The minimum Gasteiger partial charge on any atom is -0.355 e. The average molecular weight is 443 g/mol. The Hall–Kier alpha value is -2.16. The number of piperidine rings is 1. The van der Waals surface area contributed by atoms with E-state index in [0.29, 0.717) is 24.8 Å². The van der Waals surface area contributed by atoms with Gasteiger partial charge in [-0.05, 0) is 49.9 Å². The first kappa shape index (κ1) is 21.1. The molecular formula is C22H26N4O2S2. The summed E-state index contributed by atoms with van der Waals surface area (Å²) in [5.74, 6) is 2.28. The quantitative estimate of drug-likeness (QED) is 0.416. The lowest BCUT2D eigenvalue weighted by Crippen LogP contribution is -2.43. The van der Waals surface area contributed by atoms with Crippen LogP contribution in [-0.2, 0) is 11.3 Å². The van der Waals surface area contributed by atoms with Crippen LogP contribution in [0.2, 0.25) is 0 Å². The maximum absolute atomic E-state index is 12.6. The summed E-state index contributed by atoms with van der Waals surface area (Å²) < 4.78 is 5.42. The van der Waals surface area contributed by atoms with Crippen LogP contribution in [0.25, 0.3) is 10.7 Å². The molecule has 4 rings (SSSR count). The SMILES string of the molecule is Cc1ccc(SCCNC(=O)C2CCCN(Cc3nc(-c4cccs4)no3)C2)cc1. The second-order valence-electron chi connectivity index (χ2n) is 7.52. The van der Waals surface area contributed by atoms with Crippen molar-refractivity contribution in [3.05, 3.63) is 53.2 Å². The average Bonchev–Trinajstić information content (AvgIpc) is 3.44. The summed E-state index contributed by atoms with van der Waals surface area (Å²) in [4.78, 5) is 21.6. The predicted octanol–water partition coefficient (Wildman–Crippen LogP) is 4.23. The van der Waals surface area contributed by atoms with Gasteiger partial charge >= 0.3 is 0 Å². The highest BCUT2D eigenvalue weighted by atomic mass is 32.2. The number of thiophene rings is 1. The molecule has 0 saturated carbocycles. The smallest absolute Gasteiger partial charge is 0.241 e. The maximum atomic E-state index is 12.6. The second kappa shape index (κ2) is 10.2. The Bertz CT molecular complexity index is 940. The summed E-state index contributed by atoms with van der Waals surface area (Å²) >= 11 is 3.36. The van der Waals surface area contributed by atoms with Crippen LogP contribution >= 0.6 is 23.1 Å². The minimum absolute atomic E-state index is 0.0165. The van der Waals surface area contributed by atoms with Crippen LogP contribution in [-0.4, -0.2) is 46.3 Å². The molecule has 8 heteroatoms. The number of nitrogens with zero attached hydrogens (tertiary/aromatic N) is 3. The van der Waals surface area contributed by atoms with Gasteiger partial charge < -0.3 is 9.84 Å². The molecule has 30 heavy (non-hydrogen) atoms. The zero-order chi connectivity index (χ0) is 20.8. The lowest BCUT2D eigenvalue weighted by atomic mass is 9.97. The van der Waals surface area contributed by atoms with Gasteiger partial charge in [-0.1, -0.05) is 28.9 Å². The van der Waals surface area contributed by atoms with Gasteiger partial charge in [-0.2, -0.15) is 4.98 Å². The number of rotatable bonds is 8. The summed E-state index contributed by atoms with van der Waals surface area (Å²) in [6.07, 6.45) is 1.93. The molecule has 1 aromatic carbocycles. The van der Waals surface area contributed by atoms with E-state index in [0.717, 1.165) is 36.6 Å². The van der Waals surface area contributed by atoms with Gasteiger partial charge in [0, 0.05) is 23.7 Å². The van der Waals surface area contributed by atoms with Crippen molar-refractivity contribution in [2.75, 3.05) is 25.4 Å². The number of benzene rings is 1. The van der Waals surface area contributed by atoms with Crippen LogP contribution in [0.4, 0.5) is 0 Å². The molecule has 1 atom stereocenters. The molecule has 0 radical (unpaired) electrons. The number of thioether (sulfide) groups is 1. The van der Waals surface area contributed by atoms with Gasteiger partial charge in [0.2, 0.25) is 17.6 Å².